The normalized spacial score (nSPS) is 12.4. The number of hydrogen-bond donors (Lipinski definition) is 1. The standard InChI is InChI=1S/C15H20N2OS/c1-11-10-19-15(17-11)8-9-16-12(2)13-4-6-14(18-3)7-5-13/h4-7,10,12,16H,8-9H2,1-3H3. The van der Waals surface area contributed by atoms with Gasteiger partial charge in [-0.1, -0.05) is 12.1 Å². The number of nitrogens with one attached hydrogen (secondary N) is 1. The number of aryl methyl sites for hydroxylation is 1. The number of ether oxygens (including phenoxy) is 1. The van der Waals surface area contributed by atoms with Crippen LogP contribution in [0.25, 0.3) is 0 Å². The van der Waals surface area contributed by atoms with Gasteiger partial charge in [-0.25, -0.2) is 4.98 Å². The van der Waals surface area contributed by atoms with Gasteiger partial charge in [-0.2, -0.15) is 0 Å². The van der Waals surface area contributed by atoms with E-state index in [0.717, 1.165) is 24.4 Å². The molecule has 1 N–H and O–H groups in total. The van der Waals surface area contributed by atoms with Crippen molar-refractivity contribution < 1.29 is 4.74 Å². The number of aromatic nitrogens is 1. The van der Waals surface area contributed by atoms with Crippen LogP contribution < -0.4 is 10.1 Å². The molecule has 1 aromatic heterocycles. The summed E-state index contributed by atoms with van der Waals surface area (Å²) in [6, 6.07) is 8.54. The van der Waals surface area contributed by atoms with Crippen LogP contribution in [0.4, 0.5) is 0 Å². The van der Waals surface area contributed by atoms with E-state index in [4.69, 9.17) is 4.74 Å². The van der Waals surface area contributed by atoms with Crippen molar-refractivity contribution in [3.8, 4) is 5.75 Å². The topological polar surface area (TPSA) is 34.1 Å². The molecule has 0 fully saturated rings. The van der Waals surface area contributed by atoms with Crippen molar-refractivity contribution in [2.24, 2.45) is 0 Å². The molecule has 0 aliphatic rings. The molecule has 4 heteroatoms. The fraction of sp³-hybridized carbons (Fsp3) is 0.400. The first-order valence-electron chi connectivity index (χ1n) is 6.47. The second kappa shape index (κ2) is 6.68. The lowest BCUT2D eigenvalue weighted by molar-refractivity contribution is 0.414. The number of benzene rings is 1. The molecule has 0 saturated carbocycles. The van der Waals surface area contributed by atoms with E-state index in [0.29, 0.717) is 6.04 Å². The third kappa shape index (κ3) is 4.04. The molecule has 1 heterocycles. The Balaban J connectivity index is 1.81. The maximum absolute atomic E-state index is 5.16. The van der Waals surface area contributed by atoms with Gasteiger partial charge >= 0.3 is 0 Å². The Kier molecular flexibility index (Phi) is 4.93. The summed E-state index contributed by atoms with van der Waals surface area (Å²) in [6.07, 6.45) is 0.985. The van der Waals surface area contributed by atoms with Crippen LogP contribution in [0.2, 0.25) is 0 Å². The number of thiazole rings is 1. The molecule has 0 saturated heterocycles. The maximum Gasteiger partial charge on any atom is 0.118 e. The molecule has 0 amide bonds. The lowest BCUT2D eigenvalue weighted by Crippen LogP contribution is -2.21. The number of nitrogens with zero attached hydrogens (tertiary/aromatic N) is 1. The number of methoxy groups -OCH3 is 1. The molecule has 1 atom stereocenters. The maximum atomic E-state index is 5.16. The minimum atomic E-state index is 0.340. The van der Waals surface area contributed by atoms with E-state index >= 15 is 0 Å². The number of hydrogen-bond acceptors (Lipinski definition) is 4. The van der Waals surface area contributed by atoms with E-state index in [2.05, 4.69) is 34.7 Å². The van der Waals surface area contributed by atoms with Crippen LogP contribution in [0.15, 0.2) is 29.6 Å². The van der Waals surface area contributed by atoms with Crippen LogP contribution in [-0.4, -0.2) is 18.6 Å². The van der Waals surface area contributed by atoms with Crippen molar-refractivity contribution in [1.82, 2.24) is 10.3 Å². The molecule has 3 nitrogen and oxygen atoms in total. The molecule has 2 aromatic rings. The Bertz CT molecular complexity index is 507. The van der Waals surface area contributed by atoms with Gasteiger partial charge in [-0.05, 0) is 31.5 Å². The van der Waals surface area contributed by atoms with Crippen molar-refractivity contribution in [2.45, 2.75) is 26.3 Å². The third-order valence-electron chi connectivity index (χ3n) is 3.07. The molecule has 0 bridgehead atoms. The summed E-state index contributed by atoms with van der Waals surface area (Å²) in [6.45, 7) is 5.16. The van der Waals surface area contributed by atoms with Gasteiger partial charge in [0, 0.05) is 30.1 Å². The van der Waals surface area contributed by atoms with Crippen molar-refractivity contribution in [2.75, 3.05) is 13.7 Å². The average Bonchev–Trinajstić information content (AvgIpc) is 2.84. The first-order valence-corrected chi connectivity index (χ1v) is 7.35. The summed E-state index contributed by atoms with van der Waals surface area (Å²) >= 11 is 1.73. The highest BCUT2D eigenvalue weighted by atomic mass is 32.1. The van der Waals surface area contributed by atoms with Crippen molar-refractivity contribution >= 4 is 11.3 Å². The zero-order valence-electron chi connectivity index (χ0n) is 11.6. The predicted molar refractivity (Wildman–Crippen MR) is 80.0 cm³/mol. The van der Waals surface area contributed by atoms with Crippen molar-refractivity contribution in [3.05, 3.63) is 45.9 Å². The summed E-state index contributed by atoms with van der Waals surface area (Å²) in [7, 11) is 1.69. The summed E-state index contributed by atoms with van der Waals surface area (Å²) in [5.41, 5.74) is 2.39. The molecular formula is C15H20N2OS. The average molecular weight is 276 g/mol. The first kappa shape index (κ1) is 14.0. The molecule has 1 aromatic carbocycles. The molecule has 19 heavy (non-hydrogen) atoms. The lowest BCUT2D eigenvalue weighted by Gasteiger charge is -2.14. The van der Waals surface area contributed by atoms with E-state index in [9.17, 15) is 0 Å². The van der Waals surface area contributed by atoms with Crippen molar-refractivity contribution in [1.29, 1.82) is 0 Å². The van der Waals surface area contributed by atoms with E-state index in [1.165, 1.54) is 10.6 Å². The largest absolute Gasteiger partial charge is 0.497 e. The van der Waals surface area contributed by atoms with Crippen LogP contribution in [-0.2, 0) is 6.42 Å². The van der Waals surface area contributed by atoms with Crippen LogP contribution in [0.3, 0.4) is 0 Å². The van der Waals surface area contributed by atoms with E-state index < -0.39 is 0 Å². The molecule has 0 aliphatic heterocycles. The minimum Gasteiger partial charge on any atom is -0.497 e. The summed E-state index contributed by atoms with van der Waals surface area (Å²) in [5.74, 6) is 0.897. The smallest absolute Gasteiger partial charge is 0.118 e. The van der Waals surface area contributed by atoms with Gasteiger partial charge in [0.15, 0.2) is 0 Å². The van der Waals surface area contributed by atoms with Gasteiger partial charge in [0.25, 0.3) is 0 Å². The van der Waals surface area contributed by atoms with E-state index in [1.807, 2.05) is 19.1 Å². The minimum absolute atomic E-state index is 0.340. The summed E-state index contributed by atoms with van der Waals surface area (Å²) in [5, 5.41) is 6.82. The Morgan fingerprint density at radius 1 is 1.32 bits per heavy atom. The van der Waals surface area contributed by atoms with Crippen LogP contribution in [0.1, 0.15) is 29.2 Å². The van der Waals surface area contributed by atoms with Gasteiger partial charge in [-0.3, -0.25) is 0 Å². The Morgan fingerprint density at radius 2 is 2.05 bits per heavy atom. The zero-order valence-corrected chi connectivity index (χ0v) is 12.5. The van der Waals surface area contributed by atoms with Gasteiger partial charge in [0.1, 0.15) is 5.75 Å². The van der Waals surface area contributed by atoms with Crippen LogP contribution >= 0.6 is 11.3 Å². The summed E-state index contributed by atoms with van der Waals surface area (Å²) in [4.78, 5) is 4.46. The quantitative estimate of drug-likeness (QED) is 0.878. The second-order valence-electron chi connectivity index (χ2n) is 4.58. The van der Waals surface area contributed by atoms with Crippen LogP contribution in [0.5, 0.6) is 5.75 Å². The lowest BCUT2D eigenvalue weighted by atomic mass is 10.1. The predicted octanol–water partition coefficient (Wildman–Crippen LogP) is 3.35. The van der Waals surface area contributed by atoms with Crippen molar-refractivity contribution in [3.63, 3.8) is 0 Å². The second-order valence-corrected chi connectivity index (χ2v) is 5.52. The zero-order chi connectivity index (χ0) is 13.7. The molecular weight excluding hydrogens is 256 g/mol. The molecule has 2 rings (SSSR count). The van der Waals surface area contributed by atoms with Gasteiger partial charge in [-0.15, -0.1) is 11.3 Å². The molecule has 0 aliphatic carbocycles. The highest BCUT2D eigenvalue weighted by molar-refractivity contribution is 7.09. The monoisotopic (exact) mass is 276 g/mol. The highest BCUT2D eigenvalue weighted by Gasteiger charge is 2.05. The van der Waals surface area contributed by atoms with E-state index in [1.54, 1.807) is 18.4 Å². The Morgan fingerprint density at radius 3 is 2.63 bits per heavy atom. The first-order chi connectivity index (χ1) is 9.19. The molecule has 0 radical (unpaired) electrons. The molecule has 102 valence electrons. The van der Waals surface area contributed by atoms with Gasteiger partial charge in [0.2, 0.25) is 0 Å². The SMILES string of the molecule is COc1ccc(C(C)NCCc2nc(C)cs2)cc1. The molecule has 0 spiro atoms. The van der Waals surface area contributed by atoms with Crippen LogP contribution in [0, 0.1) is 6.92 Å². The number of rotatable bonds is 6. The molecule has 1 unspecified atom stereocenters. The fourth-order valence-electron chi connectivity index (χ4n) is 1.92. The fourth-order valence-corrected chi connectivity index (χ4v) is 2.70. The third-order valence-corrected chi connectivity index (χ3v) is 4.10. The highest BCUT2D eigenvalue weighted by Crippen LogP contribution is 2.17. The van der Waals surface area contributed by atoms with Gasteiger partial charge < -0.3 is 10.1 Å². The summed E-state index contributed by atoms with van der Waals surface area (Å²) < 4.78 is 5.16. The Hall–Kier alpha value is -1.39. The van der Waals surface area contributed by atoms with Gasteiger partial charge in [0.05, 0.1) is 12.1 Å². The van der Waals surface area contributed by atoms with E-state index in [-0.39, 0.29) is 0 Å². The Labute approximate surface area is 118 Å².